The first-order chi connectivity index (χ1) is 15.4. The Morgan fingerprint density at radius 2 is 1.66 bits per heavy atom. The zero-order valence-electron chi connectivity index (χ0n) is 17.9. The lowest BCUT2D eigenvalue weighted by molar-refractivity contribution is -0.121. The van der Waals surface area contributed by atoms with Crippen molar-refractivity contribution in [3.8, 4) is 5.75 Å². The number of nitrogens with zero attached hydrogens (tertiary/aromatic N) is 2. The van der Waals surface area contributed by atoms with E-state index in [1.807, 2.05) is 37.3 Å². The number of nitrogens with one attached hydrogen (secondary N) is 1. The molecular formula is C24H25N3O4S. The van der Waals surface area contributed by atoms with Crippen LogP contribution in [0.2, 0.25) is 0 Å². The summed E-state index contributed by atoms with van der Waals surface area (Å²) in [6.45, 7) is 1.57. The predicted octanol–water partition coefficient (Wildman–Crippen LogP) is 3.34. The van der Waals surface area contributed by atoms with E-state index in [2.05, 4.69) is 10.5 Å². The topological polar surface area (TPSA) is 88.1 Å². The first-order valence-corrected chi connectivity index (χ1v) is 11.4. The van der Waals surface area contributed by atoms with Gasteiger partial charge in [0.1, 0.15) is 5.75 Å². The first kappa shape index (κ1) is 23.2. The summed E-state index contributed by atoms with van der Waals surface area (Å²) in [4.78, 5) is 12.6. The zero-order chi connectivity index (χ0) is 23.0. The summed E-state index contributed by atoms with van der Waals surface area (Å²) in [6, 6.07) is 22.8. The molecule has 0 aliphatic rings. The van der Waals surface area contributed by atoms with Gasteiger partial charge in [0.15, 0.2) is 0 Å². The van der Waals surface area contributed by atoms with Gasteiger partial charge in [-0.3, -0.25) is 4.79 Å². The molecule has 166 valence electrons. The predicted molar refractivity (Wildman–Crippen MR) is 124 cm³/mol. The van der Waals surface area contributed by atoms with Gasteiger partial charge < -0.3 is 4.74 Å². The van der Waals surface area contributed by atoms with Gasteiger partial charge in [0.05, 0.1) is 24.8 Å². The highest BCUT2D eigenvalue weighted by Gasteiger charge is 2.26. The lowest BCUT2D eigenvalue weighted by atomic mass is 10.2. The number of amides is 1. The Bertz CT molecular complexity index is 1160. The maximum absolute atomic E-state index is 13.2. The SMILES string of the molecule is COc1ccc(/C=N\NC(=O)CN(Cc2ccccc2)S(=O)(=O)c2ccc(C)cc2)cc1. The molecule has 0 aliphatic carbocycles. The second-order valence-electron chi connectivity index (χ2n) is 7.14. The molecule has 8 heteroatoms. The highest BCUT2D eigenvalue weighted by molar-refractivity contribution is 7.89. The summed E-state index contributed by atoms with van der Waals surface area (Å²) < 4.78 is 32.7. The molecule has 0 spiro atoms. The summed E-state index contributed by atoms with van der Waals surface area (Å²) in [5, 5.41) is 3.94. The standard InChI is InChI=1S/C24H25N3O4S/c1-19-8-14-23(15-9-19)32(29,30)27(17-21-6-4-3-5-7-21)18-24(28)26-25-16-20-10-12-22(31-2)13-11-20/h3-16H,17-18H2,1-2H3,(H,26,28)/b25-16-. The summed E-state index contributed by atoms with van der Waals surface area (Å²) in [6.07, 6.45) is 1.48. The Labute approximate surface area is 188 Å². The van der Waals surface area contributed by atoms with Gasteiger partial charge in [-0.05, 0) is 54.4 Å². The van der Waals surface area contributed by atoms with Gasteiger partial charge in [0, 0.05) is 6.54 Å². The Hall–Kier alpha value is -3.49. The Kier molecular flexibility index (Phi) is 7.75. The minimum atomic E-state index is -3.89. The largest absolute Gasteiger partial charge is 0.497 e. The van der Waals surface area contributed by atoms with E-state index < -0.39 is 15.9 Å². The highest BCUT2D eigenvalue weighted by atomic mass is 32.2. The molecule has 0 fully saturated rings. The normalized spacial score (nSPS) is 11.6. The number of rotatable bonds is 9. The second-order valence-corrected chi connectivity index (χ2v) is 9.08. The number of hydrazone groups is 1. The average molecular weight is 452 g/mol. The third-order valence-corrected chi connectivity index (χ3v) is 6.51. The van der Waals surface area contributed by atoms with E-state index in [1.165, 1.54) is 6.21 Å². The van der Waals surface area contributed by atoms with Gasteiger partial charge in [-0.15, -0.1) is 0 Å². The fourth-order valence-corrected chi connectivity index (χ4v) is 4.32. The third kappa shape index (κ3) is 6.26. The van der Waals surface area contributed by atoms with Crippen LogP contribution < -0.4 is 10.2 Å². The summed E-state index contributed by atoms with van der Waals surface area (Å²) in [5.41, 5.74) is 4.89. The molecule has 0 bridgehead atoms. The molecule has 0 aliphatic heterocycles. The molecule has 0 atom stereocenters. The Morgan fingerprint density at radius 1 is 1.00 bits per heavy atom. The van der Waals surface area contributed by atoms with E-state index in [4.69, 9.17) is 4.74 Å². The van der Waals surface area contributed by atoms with Crippen molar-refractivity contribution in [2.24, 2.45) is 5.10 Å². The molecule has 3 aromatic carbocycles. The number of carbonyl (C=O) groups excluding carboxylic acids is 1. The maximum Gasteiger partial charge on any atom is 0.255 e. The van der Waals surface area contributed by atoms with E-state index in [-0.39, 0.29) is 18.0 Å². The number of ether oxygens (including phenoxy) is 1. The summed E-state index contributed by atoms with van der Waals surface area (Å²) in [7, 11) is -2.31. The van der Waals surface area contributed by atoms with Gasteiger partial charge in [-0.1, -0.05) is 48.0 Å². The molecule has 7 nitrogen and oxygen atoms in total. The molecule has 1 N–H and O–H groups in total. The van der Waals surface area contributed by atoms with Crippen LogP contribution in [0, 0.1) is 6.92 Å². The number of carbonyl (C=O) groups is 1. The molecule has 3 aromatic rings. The van der Waals surface area contributed by atoms with Crippen LogP contribution >= 0.6 is 0 Å². The van der Waals surface area contributed by atoms with Crippen molar-refractivity contribution in [2.75, 3.05) is 13.7 Å². The lowest BCUT2D eigenvalue weighted by Gasteiger charge is -2.21. The van der Waals surface area contributed by atoms with Gasteiger partial charge in [-0.25, -0.2) is 13.8 Å². The summed E-state index contributed by atoms with van der Waals surface area (Å²) in [5.74, 6) is 0.172. The van der Waals surface area contributed by atoms with Gasteiger partial charge in [0.25, 0.3) is 5.91 Å². The number of benzene rings is 3. The van der Waals surface area contributed by atoms with Crippen LogP contribution in [0.15, 0.2) is 88.9 Å². The number of methoxy groups -OCH3 is 1. The molecule has 0 radical (unpaired) electrons. The number of sulfonamides is 1. The van der Waals surface area contributed by atoms with Crippen LogP contribution in [0.4, 0.5) is 0 Å². The van der Waals surface area contributed by atoms with Gasteiger partial charge >= 0.3 is 0 Å². The van der Waals surface area contributed by atoms with Crippen molar-refractivity contribution in [3.63, 3.8) is 0 Å². The van der Waals surface area contributed by atoms with E-state index in [1.54, 1.807) is 55.6 Å². The fraction of sp³-hybridized carbons (Fsp3) is 0.167. The van der Waals surface area contributed by atoms with Crippen molar-refractivity contribution >= 4 is 22.1 Å². The second kappa shape index (κ2) is 10.7. The molecule has 0 saturated carbocycles. The van der Waals surface area contributed by atoms with Crippen LogP contribution in [0.25, 0.3) is 0 Å². The monoisotopic (exact) mass is 451 g/mol. The zero-order valence-corrected chi connectivity index (χ0v) is 18.7. The van der Waals surface area contributed by atoms with Crippen LogP contribution in [0.5, 0.6) is 5.75 Å². The average Bonchev–Trinajstić information content (AvgIpc) is 2.80. The fourth-order valence-electron chi connectivity index (χ4n) is 2.94. The first-order valence-electron chi connectivity index (χ1n) is 9.95. The quantitative estimate of drug-likeness (QED) is 0.399. The minimum Gasteiger partial charge on any atom is -0.497 e. The van der Waals surface area contributed by atoms with E-state index in [0.29, 0.717) is 5.75 Å². The molecule has 0 heterocycles. The molecule has 32 heavy (non-hydrogen) atoms. The maximum atomic E-state index is 13.2. The molecule has 0 unspecified atom stereocenters. The van der Waals surface area contributed by atoms with E-state index >= 15 is 0 Å². The molecule has 0 saturated heterocycles. The van der Waals surface area contributed by atoms with Crippen LogP contribution in [0.1, 0.15) is 16.7 Å². The van der Waals surface area contributed by atoms with Crippen LogP contribution in [-0.2, 0) is 21.4 Å². The number of aryl methyl sites for hydroxylation is 1. The Balaban J connectivity index is 1.74. The van der Waals surface area contributed by atoms with Crippen molar-refractivity contribution in [2.45, 2.75) is 18.4 Å². The molecule has 3 rings (SSSR count). The van der Waals surface area contributed by atoms with E-state index in [9.17, 15) is 13.2 Å². The number of hydrogen-bond acceptors (Lipinski definition) is 5. The lowest BCUT2D eigenvalue weighted by Crippen LogP contribution is -2.39. The smallest absolute Gasteiger partial charge is 0.255 e. The van der Waals surface area contributed by atoms with Crippen molar-refractivity contribution in [3.05, 3.63) is 95.6 Å². The molecular weight excluding hydrogens is 426 g/mol. The van der Waals surface area contributed by atoms with Gasteiger partial charge in [-0.2, -0.15) is 9.41 Å². The van der Waals surface area contributed by atoms with Crippen molar-refractivity contribution in [1.29, 1.82) is 0 Å². The van der Waals surface area contributed by atoms with Crippen molar-refractivity contribution in [1.82, 2.24) is 9.73 Å². The summed E-state index contributed by atoms with van der Waals surface area (Å²) >= 11 is 0. The third-order valence-electron chi connectivity index (χ3n) is 4.70. The molecule has 0 aromatic heterocycles. The van der Waals surface area contributed by atoms with Crippen molar-refractivity contribution < 1.29 is 17.9 Å². The van der Waals surface area contributed by atoms with E-state index in [0.717, 1.165) is 21.0 Å². The Morgan fingerprint density at radius 3 is 2.28 bits per heavy atom. The van der Waals surface area contributed by atoms with Gasteiger partial charge in [0.2, 0.25) is 10.0 Å². The molecule has 1 amide bonds. The number of hydrogen-bond donors (Lipinski definition) is 1. The minimum absolute atomic E-state index is 0.0622. The van der Waals surface area contributed by atoms with Crippen LogP contribution in [-0.4, -0.2) is 38.5 Å². The van der Waals surface area contributed by atoms with Crippen LogP contribution in [0.3, 0.4) is 0 Å². The highest BCUT2D eigenvalue weighted by Crippen LogP contribution is 2.19.